The normalized spacial score (nSPS) is 58.2. The van der Waals surface area contributed by atoms with Crippen molar-refractivity contribution in [3.8, 4) is 0 Å². The van der Waals surface area contributed by atoms with Crippen LogP contribution in [0.2, 0.25) is 39.1 Å². The Morgan fingerprint density at radius 1 is 0.415 bits per heavy atom. The van der Waals surface area contributed by atoms with Crippen molar-refractivity contribution in [2.75, 3.05) is 0 Å². The van der Waals surface area contributed by atoms with Gasteiger partial charge in [0.1, 0.15) is 0 Å². The molecular formula is C38H36NiP2. The molecular weight excluding hydrogens is 577 g/mol. The second-order valence-electron chi connectivity index (χ2n) is 16.7. The quantitative estimate of drug-likeness (QED) is 0.151. The molecule has 0 nitrogen and oxygen atoms in total. The van der Waals surface area contributed by atoms with Crippen LogP contribution in [0, 0.1) is 27.7 Å². The van der Waals surface area contributed by atoms with Crippen LogP contribution in [-0.4, -0.2) is 8.25 Å². The summed E-state index contributed by atoms with van der Waals surface area (Å²) in [5.41, 5.74) is 6.28. The summed E-state index contributed by atoms with van der Waals surface area (Å²) >= 11 is 0. The zero-order chi connectivity index (χ0) is 27.0. The molecule has 0 radical (unpaired) electrons. The standard InChI is InChI=1S/C33H31P2.C5H5.Ni/c1-24-14-5-9-18-28(24)34(29-19-10-6-15-25(29)2)32-22-13-23-33(32)35(30-20-11-7-16-26(30)3)31-21-12-8-17-27(31)4;1-2-4-5-3-1;/h5-23H,1-4H3;1-5H;. The van der Waals surface area contributed by atoms with E-state index in [1.165, 1.54) is 39.1 Å². The fourth-order valence-corrected chi connectivity index (χ4v) is 112. The van der Waals surface area contributed by atoms with E-state index in [1.54, 1.807) is 43.5 Å². The predicted molar refractivity (Wildman–Crippen MR) is 173 cm³/mol. The molecule has 0 N–H and O–H groups in total. The van der Waals surface area contributed by atoms with Gasteiger partial charge in [0.05, 0.1) is 0 Å². The molecule has 0 aromatic heterocycles. The first-order chi connectivity index (χ1) is 19.8. The van der Waals surface area contributed by atoms with Crippen LogP contribution < -0.4 is 21.2 Å². The molecule has 10 aliphatic heterocycles. The molecule has 4 atom stereocenters. The van der Waals surface area contributed by atoms with Crippen molar-refractivity contribution in [3.05, 3.63) is 119 Å². The first kappa shape index (κ1) is 21.0. The molecule has 0 amide bonds. The first-order valence-corrected chi connectivity index (χ1v) is 23.8. The summed E-state index contributed by atoms with van der Waals surface area (Å²) in [7, 11) is -0.761. The molecule has 10 fully saturated rings. The van der Waals surface area contributed by atoms with Crippen LogP contribution in [0.1, 0.15) is 22.3 Å². The average Bonchev–Trinajstić information content (AvgIpc) is 3.93. The molecule has 1 spiro atoms. The van der Waals surface area contributed by atoms with E-state index >= 15 is 0 Å². The van der Waals surface area contributed by atoms with Crippen LogP contribution in [-0.2, 0) is 6.23 Å². The van der Waals surface area contributed by atoms with Crippen LogP contribution >= 0.6 is 15.8 Å². The van der Waals surface area contributed by atoms with Gasteiger partial charge in [-0.1, -0.05) is 0 Å². The summed E-state index contributed by atoms with van der Waals surface area (Å²) < 4.78 is 1.38. The maximum absolute atomic E-state index is 3.72. The second kappa shape index (κ2) is 3.38. The Labute approximate surface area is 236 Å². The van der Waals surface area contributed by atoms with Gasteiger partial charge in [0.25, 0.3) is 0 Å². The summed E-state index contributed by atoms with van der Waals surface area (Å²) in [5.74, 6) is 0. The van der Waals surface area contributed by atoms with Crippen molar-refractivity contribution in [1.29, 1.82) is 0 Å². The molecule has 4 aromatic rings. The van der Waals surface area contributed by atoms with Crippen molar-refractivity contribution < 1.29 is 6.23 Å². The monoisotopic (exact) mass is 612 g/mol. The topological polar surface area (TPSA) is 0 Å². The number of hydrogen-bond acceptors (Lipinski definition) is 0. The van der Waals surface area contributed by atoms with Crippen LogP contribution in [0.25, 0.3) is 0 Å². The Bertz CT molecular complexity index is 2140. The van der Waals surface area contributed by atoms with Gasteiger partial charge < -0.3 is 0 Å². The SMILES string of the molecule is Cc1ccccc1P(c1ccccc1C)[C]12[CH]3[CH]4[CH]5[C]1(P(c1ccccc1C)c1ccccc1C)[Ni]43521678[CH]2[CH]1[CH]6[CH]7[CH]28. The molecule has 208 valence electrons. The van der Waals surface area contributed by atoms with Crippen LogP contribution in [0.4, 0.5) is 0 Å². The van der Waals surface area contributed by atoms with Crippen molar-refractivity contribution in [1.82, 2.24) is 0 Å². The number of fused-ring (bicyclic) bond motifs is 10. The van der Waals surface area contributed by atoms with Crippen molar-refractivity contribution in [3.63, 3.8) is 0 Å². The second-order valence-corrected chi connectivity index (χ2v) is 42.8. The van der Waals surface area contributed by atoms with E-state index in [-0.39, 0.29) is 15.8 Å². The van der Waals surface area contributed by atoms with Gasteiger partial charge in [-0.25, -0.2) is 0 Å². The van der Waals surface area contributed by atoms with Gasteiger partial charge in [0.2, 0.25) is 0 Å². The van der Waals surface area contributed by atoms with Gasteiger partial charge in [-0.15, -0.1) is 0 Å². The van der Waals surface area contributed by atoms with Gasteiger partial charge in [-0.2, -0.15) is 0 Å². The first-order valence-electron chi connectivity index (χ1n) is 15.6. The Kier molecular flexibility index (Phi) is 1.73. The van der Waals surface area contributed by atoms with Crippen molar-refractivity contribution in [2.45, 2.75) is 75.1 Å². The number of hydrogen-bond donors (Lipinski definition) is 0. The molecule has 4 aromatic carbocycles. The number of aryl methyl sites for hydroxylation is 4. The molecule has 4 unspecified atom stereocenters. The Morgan fingerprint density at radius 3 is 0.902 bits per heavy atom. The molecule has 10 saturated heterocycles. The minimum absolute atomic E-state index is 0.380. The number of rotatable bonds is 6. The fraction of sp³-hybridized carbons (Fsp3) is 0.368. The molecule has 0 bridgehead atoms. The van der Waals surface area contributed by atoms with E-state index in [4.69, 9.17) is 0 Å². The van der Waals surface area contributed by atoms with Crippen LogP contribution in [0.15, 0.2) is 97.1 Å². The fourth-order valence-electron chi connectivity index (χ4n) is 19.9. The van der Waals surface area contributed by atoms with E-state index in [1.807, 2.05) is 0 Å². The average molecular weight is 613 g/mol. The van der Waals surface area contributed by atoms with Gasteiger partial charge in [0.15, 0.2) is 0 Å². The predicted octanol–water partition coefficient (Wildman–Crippen LogP) is 8.69. The molecule has 0 saturated carbocycles. The molecule has 0 aliphatic carbocycles. The van der Waals surface area contributed by atoms with Crippen LogP contribution in [0.5, 0.6) is 0 Å². The Hall–Kier alpha value is -1.77. The summed E-state index contributed by atoms with van der Waals surface area (Å²) in [6.07, 6.45) is -3.72. The van der Waals surface area contributed by atoms with Gasteiger partial charge in [0, 0.05) is 0 Å². The summed E-state index contributed by atoms with van der Waals surface area (Å²) in [6.45, 7) is 9.80. The van der Waals surface area contributed by atoms with E-state index in [9.17, 15) is 0 Å². The van der Waals surface area contributed by atoms with Crippen molar-refractivity contribution in [2.24, 2.45) is 0 Å². The Morgan fingerprint density at radius 2 is 0.683 bits per heavy atom. The molecule has 14 rings (SSSR count). The minimum atomic E-state index is -3.72. The van der Waals surface area contributed by atoms with Gasteiger partial charge in [-0.3, -0.25) is 0 Å². The summed E-state index contributed by atoms with van der Waals surface area (Å²) in [4.78, 5) is 9.98. The maximum atomic E-state index is 2.61. The summed E-state index contributed by atoms with van der Waals surface area (Å²) in [5, 5.41) is 7.08. The molecule has 10 aliphatic rings. The third kappa shape index (κ3) is 0.568. The zero-order valence-corrected chi connectivity index (χ0v) is 26.8. The molecule has 41 heavy (non-hydrogen) atoms. The Balaban J connectivity index is 1.18. The third-order valence-corrected chi connectivity index (χ3v) is 71.4. The zero-order valence-electron chi connectivity index (χ0n) is 24.1. The van der Waals surface area contributed by atoms with E-state index < -0.39 is 6.23 Å². The van der Waals surface area contributed by atoms with Gasteiger partial charge >= 0.3 is 238 Å². The van der Waals surface area contributed by atoms with Crippen molar-refractivity contribution >= 4 is 37.1 Å². The summed E-state index contributed by atoms with van der Waals surface area (Å²) in [6, 6.07) is 39.0. The van der Waals surface area contributed by atoms with Gasteiger partial charge in [-0.05, 0) is 0 Å². The molecule has 3 heteroatoms. The molecule has 10 heterocycles. The third-order valence-electron chi connectivity index (χ3n) is 19.4. The van der Waals surface area contributed by atoms with E-state index in [0.29, 0.717) is 8.25 Å². The van der Waals surface area contributed by atoms with E-state index in [0.717, 1.165) is 0 Å². The number of benzene rings is 4. The van der Waals surface area contributed by atoms with E-state index in [2.05, 4.69) is 125 Å². The van der Waals surface area contributed by atoms with Crippen LogP contribution in [0.3, 0.4) is 0 Å².